The number of phenols is 1. The summed E-state index contributed by atoms with van der Waals surface area (Å²) in [4.78, 5) is 1.30. The number of nitrogens with one attached hydrogen (secondary N) is 1. The normalized spacial score (nSPS) is 14.4. The molecule has 0 bridgehead atoms. The summed E-state index contributed by atoms with van der Waals surface area (Å²) >= 11 is 1.83. The third-order valence-corrected chi connectivity index (χ3v) is 4.48. The van der Waals surface area contributed by atoms with Gasteiger partial charge in [0.2, 0.25) is 0 Å². The molecule has 0 heterocycles. The Morgan fingerprint density at radius 3 is 2.60 bits per heavy atom. The number of thioether (sulfide) groups is 1. The summed E-state index contributed by atoms with van der Waals surface area (Å²) in [6.07, 6.45) is 2.66. The summed E-state index contributed by atoms with van der Waals surface area (Å²) in [7, 11) is 0. The molecule has 3 heteroatoms. The van der Waals surface area contributed by atoms with Gasteiger partial charge in [-0.15, -0.1) is 11.8 Å². The van der Waals surface area contributed by atoms with Gasteiger partial charge in [0.05, 0.1) is 0 Å². The molecule has 1 aliphatic carbocycles. The van der Waals surface area contributed by atoms with E-state index in [1.807, 2.05) is 23.9 Å². The lowest BCUT2D eigenvalue weighted by atomic mass is 10.2. The molecule has 0 unspecified atom stereocenters. The molecule has 0 aliphatic heterocycles. The van der Waals surface area contributed by atoms with Crippen LogP contribution in [0.15, 0.2) is 53.4 Å². The van der Waals surface area contributed by atoms with Gasteiger partial charge < -0.3 is 10.4 Å². The molecular weight excluding hydrogens is 266 g/mol. The Morgan fingerprint density at radius 1 is 1.05 bits per heavy atom. The SMILES string of the molecule is Oc1ccc(CSc2cccc(CNC3CC3)c2)cc1. The Labute approximate surface area is 124 Å². The highest BCUT2D eigenvalue weighted by Gasteiger charge is 2.19. The molecule has 0 radical (unpaired) electrons. The second kappa shape index (κ2) is 6.33. The minimum Gasteiger partial charge on any atom is -0.508 e. The van der Waals surface area contributed by atoms with Gasteiger partial charge in [0.25, 0.3) is 0 Å². The Balaban J connectivity index is 1.56. The van der Waals surface area contributed by atoms with Gasteiger partial charge in [0.1, 0.15) is 5.75 Å². The minimum atomic E-state index is 0.326. The van der Waals surface area contributed by atoms with Crippen LogP contribution in [-0.2, 0) is 12.3 Å². The van der Waals surface area contributed by atoms with Crippen molar-refractivity contribution in [1.82, 2.24) is 5.32 Å². The Bertz CT molecular complexity index is 563. The smallest absolute Gasteiger partial charge is 0.115 e. The molecule has 0 spiro atoms. The maximum absolute atomic E-state index is 9.27. The van der Waals surface area contributed by atoms with E-state index in [0.29, 0.717) is 5.75 Å². The van der Waals surface area contributed by atoms with Crippen LogP contribution >= 0.6 is 11.8 Å². The lowest BCUT2D eigenvalue weighted by Crippen LogP contribution is -2.15. The topological polar surface area (TPSA) is 32.3 Å². The Hall–Kier alpha value is -1.45. The fourth-order valence-electron chi connectivity index (χ4n) is 2.05. The number of rotatable bonds is 6. The highest BCUT2D eigenvalue weighted by molar-refractivity contribution is 7.98. The van der Waals surface area contributed by atoms with Gasteiger partial charge >= 0.3 is 0 Å². The van der Waals surface area contributed by atoms with E-state index in [9.17, 15) is 5.11 Å². The first-order valence-electron chi connectivity index (χ1n) is 7.02. The summed E-state index contributed by atoms with van der Waals surface area (Å²) < 4.78 is 0. The van der Waals surface area contributed by atoms with Crippen LogP contribution in [0.4, 0.5) is 0 Å². The van der Waals surface area contributed by atoms with Crippen molar-refractivity contribution in [3.8, 4) is 5.75 Å². The van der Waals surface area contributed by atoms with Gasteiger partial charge in [-0.25, -0.2) is 0 Å². The fourth-order valence-corrected chi connectivity index (χ4v) is 2.99. The average molecular weight is 285 g/mol. The van der Waals surface area contributed by atoms with E-state index in [2.05, 4.69) is 29.6 Å². The molecule has 3 rings (SSSR count). The fraction of sp³-hybridized carbons (Fsp3) is 0.294. The third kappa shape index (κ3) is 4.02. The maximum Gasteiger partial charge on any atom is 0.115 e. The van der Waals surface area contributed by atoms with Gasteiger partial charge in [-0.1, -0.05) is 24.3 Å². The molecule has 1 saturated carbocycles. The number of aromatic hydroxyl groups is 1. The standard InChI is InChI=1S/C17H19NOS/c19-16-8-4-13(5-9-16)12-20-17-3-1-2-14(10-17)11-18-15-6-7-15/h1-5,8-10,15,18-19H,6-7,11-12H2. The van der Waals surface area contributed by atoms with Crippen molar-refractivity contribution in [2.24, 2.45) is 0 Å². The quantitative estimate of drug-likeness (QED) is 0.789. The van der Waals surface area contributed by atoms with Gasteiger partial charge in [-0.3, -0.25) is 0 Å². The van der Waals surface area contributed by atoms with Crippen LogP contribution in [0, 0.1) is 0 Å². The highest BCUT2D eigenvalue weighted by Crippen LogP contribution is 2.25. The Morgan fingerprint density at radius 2 is 1.85 bits per heavy atom. The summed E-state index contributed by atoms with van der Waals surface area (Å²) in [6.45, 7) is 0.971. The van der Waals surface area contributed by atoms with Crippen LogP contribution in [0.2, 0.25) is 0 Å². The second-order valence-electron chi connectivity index (χ2n) is 5.26. The molecule has 2 aromatic carbocycles. The molecule has 104 valence electrons. The number of hydrogen-bond donors (Lipinski definition) is 2. The zero-order chi connectivity index (χ0) is 13.8. The summed E-state index contributed by atoms with van der Waals surface area (Å²) in [5.74, 6) is 1.26. The van der Waals surface area contributed by atoms with E-state index in [1.54, 1.807) is 12.1 Å². The van der Waals surface area contributed by atoms with Crippen molar-refractivity contribution >= 4 is 11.8 Å². The molecule has 0 aromatic heterocycles. The van der Waals surface area contributed by atoms with Crippen molar-refractivity contribution in [1.29, 1.82) is 0 Å². The van der Waals surface area contributed by atoms with Crippen molar-refractivity contribution in [2.45, 2.75) is 36.1 Å². The van der Waals surface area contributed by atoms with E-state index < -0.39 is 0 Å². The Kier molecular flexibility index (Phi) is 4.28. The lowest BCUT2D eigenvalue weighted by Gasteiger charge is -2.06. The first-order valence-corrected chi connectivity index (χ1v) is 8.01. The van der Waals surface area contributed by atoms with E-state index in [-0.39, 0.29) is 0 Å². The number of phenolic OH excluding ortho intramolecular Hbond substituents is 1. The predicted molar refractivity (Wildman–Crippen MR) is 84.0 cm³/mol. The first-order chi connectivity index (χ1) is 9.79. The van der Waals surface area contributed by atoms with E-state index >= 15 is 0 Å². The van der Waals surface area contributed by atoms with E-state index in [1.165, 1.54) is 28.9 Å². The molecule has 0 atom stereocenters. The predicted octanol–water partition coefficient (Wildman–Crippen LogP) is 3.94. The minimum absolute atomic E-state index is 0.326. The van der Waals surface area contributed by atoms with E-state index in [0.717, 1.165) is 18.3 Å². The molecule has 0 amide bonds. The zero-order valence-electron chi connectivity index (χ0n) is 11.4. The van der Waals surface area contributed by atoms with Gasteiger partial charge in [-0.2, -0.15) is 0 Å². The van der Waals surface area contributed by atoms with Gasteiger partial charge in [-0.05, 0) is 48.2 Å². The third-order valence-electron chi connectivity index (χ3n) is 3.41. The molecule has 20 heavy (non-hydrogen) atoms. The van der Waals surface area contributed by atoms with E-state index in [4.69, 9.17) is 0 Å². The van der Waals surface area contributed by atoms with Gasteiger partial charge in [0.15, 0.2) is 0 Å². The van der Waals surface area contributed by atoms with Crippen LogP contribution in [0.5, 0.6) is 5.75 Å². The zero-order valence-corrected chi connectivity index (χ0v) is 12.2. The van der Waals surface area contributed by atoms with Crippen molar-refractivity contribution < 1.29 is 5.11 Å². The maximum atomic E-state index is 9.27. The van der Waals surface area contributed by atoms with Crippen LogP contribution < -0.4 is 5.32 Å². The molecule has 1 fully saturated rings. The summed E-state index contributed by atoms with van der Waals surface area (Å²) in [6, 6.07) is 16.9. The van der Waals surface area contributed by atoms with Crippen molar-refractivity contribution in [3.05, 3.63) is 59.7 Å². The van der Waals surface area contributed by atoms with Crippen molar-refractivity contribution in [3.63, 3.8) is 0 Å². The molecule has 2 N–H and O–H groups in total. The molecule has 1 aliphatic rings. The monoisotopic (exact) mass is 285 g/mol. The van der Waals surface area contributed by atoms with Gasteiger partial charge in [0, 0.05) is 23.2 Å². The second-order valence-corrected chi connectivity index (χ2v) is 6.31. The number of benzene rings is 2. The van der Waals surface area contributed by atoms with Crippen LogP contribution in [0.3, 0.4) is 0 Å². The molecule has 2 aromatic rings. The largest absolute Gasteiger partial charge is 0.508 e. The average Bonchev–Trinajstić information content (AvgIpc) is 3.29. The molecule has 2 nitrogen and oxygen atoms in total. The van der Waals surface area contributed by atoms with Crippen LogP contribution in [-0.4, -0.2) is 11.1 Å². The van der Waals surface area contributed by atoms with Crippen molar-refractivity contribution in [2.75, 3.05) is 0 Å². The summed E-state index contributed by atoms with van der Waals surface area (Å²) in [5, 5.41) is 12.8. The molecular formula is C17H19NOS. The summed E-state index contributed by atoms with van der Waals surface area (Å²) in [5.41, 5.74) is 2.59. The first kappa shape index (κ1) is 13.5. The number of hydrogen-bond acceptors (Lipinski definition) is 3. The highest BCUT2D eigenvalue weighted by atomic mass is 32.2. The van der Waals surface area contributed by atoms with Crippen LogP contribution in [0.1, 0.15) is 24.0 Å². The molecule has 0 saturated heterocycles. The van der Waals surface area contributed by atoms with Crippen LogP contribution in [0.25, 0.3) is 0 Å². The lowest BCUT2D eigenvalue weighted by molar-refractivity contribution is 0.475.